The maximum atomic E-state index is 13.4. The van der Waals surface area contributed by atoms with Crippen molar-refractivity contribution in [1.29, 1.82) is 0 Å². The average Bonchev–Trinajstić information content (AvgIpc) is 2.59. The first-order valence-electron chi connectivity index (χ1n) is 5.63. The molecule has 3 rings (SSSR count). The number of benzene rings is 1. The van der Waals surface area contributed by atoms with Gasteiger partial charge in [-0.1, -0.05) is 18.2 Å². The summed E-state index contributed by atoms with van der Waals surface area (Å²) in [5, 5.41) is 2.99. The molecule has 1 aromatic carbocycles. The predicted octanol–water partition coefficient (Wildman–Crippen LogP) is 3.34. The van der Waals surface area contributed by atoms with Gasteiger partial charge in [0.15, 0.2) is 0 Å². The highest BCUT2D eigenvalue weighted by molar-refractivity contribution is 5.48. The Kier molecular flexibility index (Phi) is 2.20. The van der Waals surface area contributed by atoms with Crippen molar-refractivity contribution in [3.8, 4) is 0 Å². The molecule has 0 aliphatic heterocycles. The molecule has 0 amide bonds. The molecule has 1 N–H and O–H groups in total. The minimum atomic E-state index is -0.509. The molecule has 1 aromatic rings. The minimum absolute atomic E-state index is 0.0197. The molecule has 0 spiro atoms. The molecule has 3 atom stereocenters. The van der Waals surface area contributed by atoms with Crippen LogP contribution in [0, 0.1) is 23.5 Å². The fraction of sp³-hybridized carbons (Fsp3) is 0.385. The third-order valence-corrected chi connectivity index (χ3v) is 3.66. The van der Waals surface area contributed by atoms with Crippen molar-refractivity contribution in [3.63, 3.8) is 0 Å². The van der Waals surface area contributed by atoms with E-state index in [1.165, 1.54) is 18.2 Å². The summed E-state index contributed by atoms with van der Waals surface area (Å²) in [5.74, 6) is 0.127. The van der Waals surface area contributed by atoms with Crippen molar-refractivity contribution in [1.82, 2.24) is 0 Å². The van der Waals surface area contributed by atoms with Gasteiger partial charge in [0.2, 0.25) is 0 Å². The fourth-order valence-electron chi connectivity index (χ4n) is 2.70. The molecule has 16 heavy (non-hydrogen) atoms. The first-order chi connectivity index (χ1) is 7.75. The summed E-state index contributed by atoms with van der Waals surface area (Å²) < 4.78 is 26.8. The van der Waals surface area contributed by atoms with E-state index in [1.54, 1.807) is 0 Å². The molecule has 2 aliphatic rings. The number of para-hydroxylation sites is 1. The lowest BCUT2D eigenvalue weighted by atomic mass is 9.71. The molecule has 2 aliphatic carbocycles. The van der Waals surface area contributed by atoms with E-state index in [9.17, 15) is 8.78 Å². The highest BCUT2D eigenvalue weighted by Crippen LogP contribution is 2.44. The topological polar surface area (TPSA) is 12.0 Å². The largest absolute Gasteiger partial charge is 0.377 e. The van der Waals surface area contributed by atoms with Crippen LogP contribution in [0.15, 0.2) is 30.4 Å². The molecule has 1 saturated carbocycles. The van der Waals surface area contributed by atoms with Gasteiger partial charge in [-0.05, 0) is 30.9 Å². The number of halogens is 2. The molecule has 0 radical (unpaired) electrons. The van der Waals surface area contributed by atoms with Crippen molar-refractivity contribution in [3.05, 3.63) is 42.0 Å². The monoisotopic (exact) mass is 221 g/mol. The number of allylic oxidation sites excluding steroid dienone is 1. The molecule has 0 heterocycles. The normalized spacial score (nSPS) is 31.0. The standard InChI is InChI=1S/C13H13F2N/c14-10-5-2-6-11(15)13(10)16-12-7-8-3-1-4-9(8)12/h1-2,4-6,8-9,12,16H,3,7H2. The highest BCUT2D eigenvalue weighted by Gasteiger charge is 2.41. The number of hydrogen-bond donors (Lipinski definition) is 1. The Morgan fingerprint density at radius 2 is 1.94 bits per heavy atom. The van der Waals surface area contributed by atoms with Crippen molar-refractivity contribution in [2.45, 2.75) is 18.9 Å². The summed E-state index contributed by atoms with van der Waals surface area (Å²) in [6, 6.07) is 4.14. The Labute approximate surface area is 93.2 Å². The number of hydrogen-bond acceptors (Lipinski definition) is 1. The first kappa shape index (κ1) is 9.82. The van der Waals surface area contributed by atoms with E-state index in [0.717, 1.165) is 12.8 Å². The van der Waals surface area contributed by atoms with Crippen LogP contribution in [-0.4, -0.2) is 6.04 Å². The third-order valence-electron chi connectivity index (χ3n) is 3.66. The SMILES string of the molecule is Fc1cccc(F)c1NC1CC2CC=CC21. The average molecular weight is 221 g/mol. The molecule has 1 fully saturated rings. The highest BCUT2D eigenvalue weighted by atomic mass is 19.1. The van der Waals surface area contributed by atoms with E-state index in [-0.39, 0.29) is 11.7 Å². The van der Waals surface area contributed by atoms with E-state index < -0.39 is 11.6 Å². The van der Waals surface area contributed by atoms with Gasteiger partial charge in [-0.3, -0.25) is 0 Å². The van der Waals surface area contributed by atoms with E-state index in [1.807, 2.05) is 0 Å². The van der Waals surface area contributed by atoms with Gasteiger partial charge in [0.1, 0.15) is 17.3 Å². The second-order valence-corrected chi connectivity index (χ2v) is 4.58. The van der Waals surface area contributed by atoms with Gasteiger partial charge in [0.05, 0.1) is 0 Å². The molecule has 1 nitrogen and oxygen atoms in total. The van der Waals surface area contributed by atoms with Crippen molar-refractivity contribution < 1.29 is 8.78 Å². The fourth-order valence-corrected chi connectivity index (χ4v) is 2.70. The summed E-state index contributed by atoms with van der Waals surface area (Å²) in [4.78, 5) is 0. The maximum absolute atomic E-state index is 13.4. The zero-order chi connectivity index (χ0) is 11.1. The molecule has 84 valence electrons. The lowest BCUT2D eigenvalue weighted by Gasteiger charge is -2.41. The quantitative estimate of drug-likeness (QED) is 0.755. The van der Waals surface area contributed by atoms with Gasteiger partial charge in [-0.2, -0.15) is 0 Å². The maximum Gasteiger partial charge on any atom is 0.149 e. The summed E-state index contributed by atoms with van der Waals surface area (Å²) in [6.07, 6.45) is 6.44. The Morgan fingerprint density at radius 3 is 2.62 bits per heavy atom. The van der Waals surface area contributed by atoms with Crippen LogP contribution in [0.4, 0.5) is 14.5 Å². The second-order valence-electron chi connectivity index (χ2n) is 4.58. The van der Waals surface area contributed by atoms with Crippen LogP contribution in [0.1, 0.15) is 12.8 Å². The van der Waals surface area contributed by atoms with E-state index in [0.29, 0.717) is 11.8 Å². The van der Waals surface area contributed by atoms with Crippen LogP contribution >= 0.6 is 0 Å². The summed E-state index contributed by atoms with van der Waals surface area (Å²) in [5.41, 5.74) is 0.0197. The Balaban J connectivity index is 1.77. The van der Waals surface area contributed by atoms with Crippen molar-refractivity contribution >= 4 is 5.69 Å². The predicted molar refractivity (Wildman–Crippen MR) is 59.1 cm³/mol. The number of anilines is 1. The van der Waals surface area contributed by atoms with Crippen LogP contribution in [0.3, 0.4) is 0 Å². The van der Waals surface area contributed by atoms with E-state index >= 15 is 0 Å². The summed E-state index contributed by atoms with van der Waals surface area (Å²) in [7, 11) is 0. The number of rotatable bonds is 2. The van der Waals surface area contributed by atoms with Gasteiger partial charge in [-0.25, -0.2) is 8.78 Å². The molecule has 0 aromatic heterocycles. The molecule has 0 saturated heterocycles. The van der Waals surface area contributed by atoms with Gasteiger partial charge >= 0.3 is 0 Å². The number of fused-ring (bicyclic) bond motifs is 1. The van der Waals surface area contributed by atoms with E-state index in [2.05, 4.69) is 17.5 Å². The molecule has 3 unspecified atom stereocenters. The third kappa shape index (κ3) is 1.42. The number of nitrogens with one attached hydrogen (secondary N) is 1. The van der Waals surface area contributed by atoms with Gasteiger partial charge in [0.25, 0.3) is 0 Å². The van der Waals surface area contributed by atoms with Crippen molar-refractivity contribution in [2.24, 2.45) is 11.8 Å². The minimum Gasteiger partial charge on any atom is -0.377 e. The molecule has 0 bridgehead atoms. The molecule has 3 heteroatoms. The van der Waals surface area contributed by atoms with Crippen LogP contribution < -0.4 is 5.32 Å². The van der Waals surface area contributed by atoms with Gasteiger partial charge < -0.3 is 5.32 Å². The lowest BCUT2D eigenvalue weighted by Crippen LogP contribution is -2.43. The van der Waals surface area contributed by atoms with Crippen LogP contribution in [0.25, 0.3) is 0 Å². The summed E-state index contributed by atoms with van der Waals surface area (Å²) in [6.45, 7) is 0. The smallest absolute Gasteiger partial charge is 0.149 e. The molecular formula is C13H13F2N. The lowest BCUT2D eigenvalue weighted by molar-refractivity contribution is 0.217. The van der Waals surface area contributed by atoms with Crippen LogP contribution in [0.2, 0.25) is 0 Å². The van der Waals surface area contributed by atoms with Crippen molar-refractivity contribution in [2.75, 3.05) is 5.32 Å². The Morgan fingerprint density at radius 1 is 1.19 bits per heavy atom. The van der Waals surface area contributed by atoms with Crippen LogP contribution in [0.5, 0.6) is 0 Å². The zero-order valence-corrected chi connectivity index (χ0v) is 8.79. The summed E-state index contributed by atoms with van der Waals surface area (Å²) >= 11 is 0. The van der Waals surface area contributed by atoms with Gasteiger partial charge in [0, 0.05) is 12.0 Å². The Hall–Kier alpha value is -1.38. The second kappa shape index (κ2) is 3.58. The Bertz CT molecular complexity index is 421. The van der Waals surface area contributed by atoms with Gasteiger partial charge in [-0.15, -0.1) is 0 Å². The van der Waals surface area contributed by atoms with E-state index in [4.69, 9.17) is 0 Å². The van der Waals surface area contributed by atoms with Crippen LogP contribution in [-0.2, 0) is 0 Å². The molecular weight excluding hydrogens is 208 g/mol. The zero-order valence-electron chi connectivity index (χ0n) is 8.79. The first-order valence-corrected chi connectivity index (χ1v) is 5.63.